The van der Waals surface area contributed by atoms with Crippen molar-refractivity contribution in [2.24, 2.45) is 5.10 Å². The highest BCUT2D eigenvalue weighted by Gasteiger charge is 2.28. The van der Waals surface area contributed by atoms with Gasteiger partial charge in [-0.1, -0.05) is 60.2 Å². The van der Waals surface area contributed by atoms with Crippen molar-refractivity contribution >= 4 is 23.4 Å². The van der Waals surface area contributed by atoms with Gasteiger partial charge < -0.3 is 4.74 Å². The molecule has 4 nitrogen and oxygen atoms in total. The molecule has 0 radical (unpaired) electrons. The van der Waals surface area contributed by atoms with Crippen LogP contribution in [0.3, 0.4) is 0 Å². The zero-order valence-electron chi connectivity index (χ0n) is 16.5. The Balaban J connectivity index is 1.45. The number of hydrogen-bond acceptors (Lipinski definition) is 3. The molecule has 4 heteroatoms. The molecule has 0 atom stereocenters. The second-order valence-corrected chi connectivity index (χ2v) is 7.04. The van der Waals surface area contributed by atoms with Crippen LogP contribution < -0.4 is 9.75 Å². The van der Waals surface area contributed by atoms with Gasteiger partial charge in [0, 0.05) is 0 Å². The minimum absolute atomic E-state index is 0.117. The number of carbonyl (C=O) groups is 1. The number of anilines is 1. The summed E-state index contributed by atoms with van der Waals surface area (Å²) in [5.41, 5.74) is 5.37. The van der Waals surface area contributed by atoms with Gasteiger partial charge in [-0.15, -0.1) is 0 Å². The zero-order valence-corrected chi connectivity index (χ0v) is 16.5. The van der Waals surface area contributed by atoms with Gasteiger partial charge >= 0.3 is 0 Å². The van der Waals surface area contributed by atoms with E-state index in [4.69, 9.17) is 4.74 Å². The Hall–Kier alpha value is -3.66. The Morgan fingerprint density at radius 2 is 1.59 bits per heavy atom. The summed E-state index contributed by atoms with van der Waals surface area (Å²) < 4.78 is 5.85. The van der Waals surface area contributed by atoms with Crippen molar-refractivity contribution in [3.63, 3.8) is 0 Å². The van der Waals surface area contributed by atoms with Crippen LogP contribution in [0.2, 0.25) is 0 Å². The van der Waals surface area contributed by atoms with Gasteiger partial charge in [-0.25, -0.2) is 0 Å². The van der Waals surface area contributed by atoms with Crippen LogP contribution in [0.15, 0.2) is 89.5 Å². The first-order valence-corrected chi connectivity index (χ1v) is 9.55. The van der Waals surface area contributed by atoms with Crippen LogP contribution in [-0.2, 0) is 11.4 Å². The fourth-order valence-corrected chi connectivity index (χ4v) is 3.11. The quantitative estimate of drug-likeness (QED) is 0.556. The standard InChI is InChI=1S/C25H22N2O2/c1-18-8-10-21(11-9-18)17-29-23-14-12-20(13-15-23)16-24-19(2)26-27(25(24)28)22-6-4-3-5-7-22/h3-16H,17H2,1-2H3/b24-16+. The Kier molecular flexibility index (Phi) is 5.25. The van der Waals surface area contributed by atoms with Crippen molar-refractivity contribution in [3.05, 3.63) is 101 Å². The number of ether oxygens (including phenoxy) is 1. The monoisotopic (exact) mass is 382 g/mol. The molecule has 0 unspecified atom stereocenters. The summed E-state index contributed by atoms with van der Waals surface area (Å²) in [5.74, 6) is 0.676. The first-order valence-electron chi connectivity index (χ1n) is 9.55. The van der Waals surface area contributed by atoms with Crippen LogP contribution in [0.4, 0.5) is 5.69 Å². The van der Waals surface area contributed by atoms with Crippen molar-refractivity contribution < 1.29 is 9.53 Å². The summed E-state index contributed by atoms with van der Waals surface area (Å²) in [5, 5.41) is 5.86. The third kappa shape index (κ3) is 4.27. The van der Waals surface area contributed by atoms with E-state index < -0.39 is 0 Å². The summed E-state index contributed by atoms with van der Waals surface area (Å²) in [6, 6.07) is 25.5. The Morgan fingerprint density at radius 1 is 0.897 bits per heavy atom. The molecule has 29 heavy (non-hydrogen) atoms. The van der Waals surface area contributed by atoms with Crippen LogP contribution >= 0.6 is 0 Å². The Bertz CT molecular complexity index is 1070. The van der Waals surface area contributed by atoms with Crippen LogP contribution in [0.5, 0.6) is 5.75 Å². The molecule has 3 aromatic rings. The maximum absolute atomic E-state index is 12.8. The second kappa shape index (κ2) is 8.15. The normalized spacial score (nSPS) is 15.0. The predicted octanol–water partition coefficient (Wildman–Crippen LogP) is 5.38. The Labute approximate surface area is 170 Å². The number of aryl methyl sites for hydroxylation is 1. The molecule has 0 aliphatic carbocycles. The molecule has 3 aromatic carbocycles. The van der Waals surface area contributed by atoms with E-state index >= 15 is 0 Å². The lowest BCUT2D eigenvalue weighted by Crippen LogP contribution is -2.21. The molecule has 0 saturated carbocycles. The number of nitrogens with zero attached hydrogens (tertiary/aromatic N) is 2. The van der Waals surface area contributed by atoms with Crippen LogP contribution in [0, 0.1) is 6.92 Å². The molecule has 0 N–H and O–H groups in total. The fraction of sp³-hybridized carbons (Fsp3) is 0.120. The third-order valence-corrected chi connectivity index (χ3v) is 4.78. The minimum atomic E-state index is -0.117. The molecule has 1 aliphatic heterocycles. The van der Waals surface area contributed by atoms with Crippen molar-refractivity contribution in [2.45, 2.75) is 20.5 Å². The van der Waals surface area contributed by atoms with E-state index in [1.54, 1.807) is 0 Å². The van der Waals surface area contributed by atoms with Gasteiger partial charge in [0.25, 0.3) is 5.91 Å². The van der Waals surface area contributed by atoms with Crippen molar-refractivity contribution in [3.8, 4) is 5.75 Å². The highest BCUT2D eigenvalue weighted by molar-refractivity contribution is 6.32. The van der Waals surface area contributed by atoms with Gasteiger partial charge in [0.15, 0.2) is 0 Å². The molecule has 0 fully saturated rings. The molecule has 0 saturated heterocycles. The van der Waals surface area contributed by atoms with E-state index in [-0.39, 0.29) is 5.91 Å². The smallest absolute Gasteiger partial charge is 0.280 e. The molecular weight excluding hydrogens is 360 g/mol. The van der Waals surface area contributed by atoms with Crippen molar-refractivity contribution in [1.29, 1.82) is 0 Å². The molecule has 1 aliphatic rings. The molecule has 1 amide bonds. The van der Waals surface area contributed by atoms with Gasteiger partial charge in [0.1, 0.15) is 12.4 Å². The topological polar surface area (TPSA) is 41.9 Å². The first kappa shape index (κ1) is 18.7. The number of hydrogen-bond donors (Lipinski definition) is 0. The lowest BCUT2D eigenvalue weighted by molar-refractivity contribution is -0.114. The van der Waals surface area contributed by atoms with Gasteiger partial charge in [0.05, 0.1) is 17.0 Å². The lowest BCUT2D eigenvalue weighted by Gasteiger charge is -2.11. The average Bonchev–Trinajstić information content (AvgIpc) is 3.03. The van der Waals surface area contributed by atoms with E-state index in [0.29, 0.717) is 17.9 Å². The Morgan fingerprint density at radius 3 is 2.28 bits per heavy atom. The van der Waals surface area contributed by atoms with Gasteiger partial charge in [-0.3, -0.25) is 4.79 Å². The number of para-hydroxylation sites is 1. The van der Waals surface area contributed by atoms with Crippen LogP contribution in [0.1, 0.15) is 23.6 Å². The second-order valence-electron chi connectivity index (χ2n) is 7.04. The molecule has 0 aromatic heterocycles. The lowest BCUT2D eigenvalue weighted by atomic mass is 10.1. The van der Waals surface area contributed by atoms with E-state index in [0.717, 1.165) is 22.6 Å². The van der Waals surface area contributed by atoms with Gasteiger partial charge in [-0.2, -0.15) is 10.1 Å². The summed E-state index contributed by atoms with van der Waals surface area (Å²) in [6.07, 6.45) is 1.87. The van der Waals surface area contributed by atoms with E-state index in [1.165, 1.54) is 10.6 Å². The summed E-state index contributed by atoms with van der Waals surface area (Å²) >= 11 is 0. The largest absolute Gasteiger partial charge is 0.489 e. The molecule has 0 spiro atoms. The molecule has 0 bridgehead atoms. The molecule has 4 rings (SSSR count). The predicted molar refractivity (Wildman–Crippen MR) is 117 cm³/mol. The SMILES string of the molecule is CC1=NN(c2ccccc2)C(=O)/C1=C/c1ccc(OCc2ccc(C)cc2)cc1. The maximum atomic E-state index is 12.8. The maximum Gasteiger partial charge on any atom is 0.280 e. The average molecular weight is 382 g/mol. The summed E-state index contributed by atoms with van der Waals surface area (Å²) in [4.78, 5) is 12.8. The van der Waals surface area contributed by atoms with E-state index in [9.17, 15) is 4.79 Å². The number of amides is 1. The van der Waals surface area contributed by atoms with Crippen LogP contribution in [-0.4, -0.2) is 11.6 Å². The highest BCUT2D eigenvalue weighted by atomic mass is 16.5. The third-order valence-electron chi connectivity index (χ3n) is 4.78. The molecular formula is C25H22N2O2. The molecule has 144 valence electrons. The van der Waals surface area contributed by atoms with Crippen LogP contribution in [0.25, 0.3) is 6.08 Å². The van der Waals surface area contributed by atoms with Crippen molar-refractivity contribution in [1.82, 2.24) is 0 Å². The fourth-order valence-electron chi connectivity index (χ4n) is 3.11. The van der Waals surface area contributed by atoms with Gasteiger partial charge in [0.2, 0.25) is 0 Å². The highest BCUT2D eigenvalue weighted by Crippen LogP contribution is 2.25. The summed E-state index contributed by atoms with van der Waals surface area (Å²) in [7, 11) is 0. The zero-order chi connectivity index (χ0) is 20.2. The number of benzene rings is 3. The molecule has 1 heterocycles. The number of hydrazone groups is 1. The van der Waals surface area contributed by atoms with E-state index in [2.05, 4.69) is 36.3 Å². The van der Waals surface area contributed by atoms with Crippen molar-refractivity contribution in [2.75, 3.05) is 5.01 Å². The van der Waals surface area contributed by atoms with Gasteiger partial charge in [-0.05, 0) is 55.3 Å². The van der Waals surface area contributed by atoms with E-state index in [1.807, 2.05) is 67.6 Å². The number of carbonyl (C=O) groups excluding carboxylic acids is 1. The first-order chi connectivity index (χ1) is 14.1. The summed E-state index contributed by atoms with van der Waals surface area (Å²) in [6.45, 7) is 4.45. The minimum Gasteiger partial charge on any atom is -0.489 e. The number of rotatable bonds is 5.